The van der Waals surface area contributed by atoms with Crippen molar-refractivity contribution in [3.63, 3.8) is 0 Å². The molecule has 40 valence electrons. The van der Waals surface area contributed by atoms with Crippen molar-refractivity contribution in [2.24, 2.45) is 0 Å². The predicted molar refractivity (Wildman–Crippen MR) is 26.0 cm³/mol. The zero-order chi connectivity index (χ0) is 3.58. The molecule has 0 spiro atoms. The summed E-state index contributed by atoms with van der Waals surface area (Å²) in [6.45, 7) is 0. The van der Waals surface area contributed by atoms with Gasteiger partial charge >= 0.3 is 7.32 Å². The fraction of sp³-hybridized carbons (Fsp3) is 0. The molecule has 0 bridgehead atoms. The Morgan fingerprint density at radius 3 is 1.00 bits per heavy atom. The molecule has 4 nitrogen and oxygen atoms in total. The molecule has 0 aliphatic heterocycles. The molecule has 5 N–H and O–H groups in total. The fourth-order valence-corrected chi connectivity index (χ4v) is 0. The van der Waals surface area contributed by atoms with E-state index < -0.39 is 7.32 Å². The molecule has 0 amide bonds. The van der Waals surface area contributed by atoms with E-state index in [4.69, 9.17) is 15.1 Å². The maximum atomic E-state index is 7.17. The van der Waals surface area contributed by atoms with Crippen LogP contribution in [0, 0.1) is 0 Å². The molecule has 0 unspecified atom stereocenters. The third-order valence-corrected chi connectivity index (χ3v) is 0. The van der Waals surface area contributed by atoms with E-state index in [1.165, 1.54) is 0 Å². The van der Waals surface area contributed by atoms with Gasteiger partial charge < -0.3 is 20.5 Å². The number of hydrogen-bond acceptors (Lipinski definition) is 3. The largest absolute Gasteiger partial charge is 0.631 e. The average molecular weight is 175 g/mol. The smallest absolute Gasteiger partial charge is 0.412 e. The van der Waals surface area contributed by atoms with Crippen LogP contribution in [0.1, 0.15) is 0 Å². The van der Waals surface area contributed by atoms with Crippen molar-refractivity contribution in [2.45, 2.75) is 0 Å². The molecule has 0 saturated heterocycles. The van der Waals surface area contributed by atoms with E-state index in [9.17, 15) is 0 Å². The Bertz CT molecular complexity index is 16.4. The zero-order valence-electron chi connectivity index (χ0n) is 3.13. The minimum Gasteiger partial charge on any atom is -0.412 e. The predicted octanol–water partition coefficient (Wildman–Crippen LogP) is -4.06. The van der Waals surface area contributed by atoms with Gasteiger partial charge in [-0.15, -0.1) is 0 Å². The standard InChI is InChI=1S/Al.BH3O3.H2O.Zn.3H/c;2-1(3)4;;;;;/h;2-4H;1H2;;;;. The van der Waals surface area contributed by atoms with Crippen molar-refractivity contribution in [3.05, 3.63) is 0 Å². The second-order valence-corrected chi connectivity index (χ2v) is 0.346. The third-order valence-electron chi connectivity index (χ3n) is 0. The molecule has 0 aromatic heterocycles. The molecule has 0 saturated carbocycles. The van der Waals surface area contributed by atoms with Crippen LogP contribution in [-0.4, -0.2) is 45.2 Å². The van der Waals surface area contributed by atoms with E-state index in [-0.39, 0.29) is 42.3 Å². The molecule has 0 heterocycles. The average Bonchev–Trinajstić information content (AvgIpc) is 0.811. The molecule has 7 heteroatoms. The summed E-state index contributed by atoms with van der Waals surface area (Å²) in [7, 11) is -2.17. The van der Waals surface area contributed by atoms with Gasteiger partial charge in [-0.25, -0.2) is 0 Å². The van der Waals surface area contributed by atoms with Crippen LogP contribution in [0.3, 0.4) is 0 Å². The van der Waals surface area contributed by atoms with Gasteiger partial charge in [0.2, 0.25) is 0 Å². The van der Waals surface area contributed by atoms with E-state index in [1.54, 1.807) is 0 Å². The first-order valence-electron chi connectivity index (χ1n) is 0.775. The Hall–Kier alpha value is 1.06. The first-order chi connectivity index (χ1) is 1.73. The van der Waals surface area contributed by atoms with Crippen molar-refractivity contribution in [2.75, 3.05) is 0 Å². The van der Waals surface area contributed by atoms with Gasteiger partial charge in [-0.3, -0.25) is 0 Å². The quantitative estimate of drug-likeness (QED) is 0.327. The molecule has 0 aromatic carbocycles. The molecule has 0 aliphatic rings. The number of rotatable bonds is 0. The van der Waals surface area contributed by atoms with Crippen molar-refractivity contribution >= 4 is 24.7 Å². The van der Waals surface area contributed by atoms with E-state index in [0.29, 0.717) is 0 Å². The maximum absolute atomic E-state index is 7.17. The second-order valence-electron chi connectivity index (χ2n) is 0.346. The minimum atomic E-state index is -2.17. The Labute approximate surface area is 64.9 Å². The fourth-order valence-electron chi connectivity index (χ4n) is 0. The SMILES string of the molecule is O.OB(O)O.[AlH3].[Zn]. The van der Waals surface area contributed by atoms with Gasteiger partial charge in [-0.05, 0) is 0 Å². The van der Waals surface area contributed by atoms with Gasteiger partial charge in [0, 0.05) is 19.5 Å². The molecule has 7 heavy (non-hydrogen) atoms. The van der Waals surface area contributed by atoms with E-state index in [0.717, 1.165) is 0 Å². The maximum Gasteiger partial charge on any atom is 0.631 e. The van der Waals surface area contributed by atoms with Gasteiger partial charge in [-0.1, -0.05) is 0 Å². The minimum absolute atomic E-state index is 0. The summed E-state index contributed by atoms with van der Waals surface area (Å²) in [5, 5.41) is 21.5. The summed E-state index contributed by atoms with van der Waals surface area (Å²) in [4.78, 5) is 0. The molecule has 0 aromatic rings. The monoisotopic (exact) mass is 174 g/mol. The Balaban J connectivity index is -0.0000000150. The van der Waals surface area contributed by atoms with Gasteiger partial charge in [0.15, 0.2) is 17.4 Å². The van der Waals surface area contributed by atoms with Crippen LogP contribution >= 0.6 is 0 Å². The van der Waals surface area contributed by atoms with Crippen LogP contribution in [0.5, 0.6) is 0 Å². The van der Waals surface area contributed by atoms with E-state index in [1.807, 2.05) is 0 Å². The Kier molecular flexibility index (Phi) is 54.8. The Morgan fingerprint density at radius 1 is 1.00 bits per heavy atom. The molecule has 0 atom stereocenters. The topological polar surface area (TPSA) is 92.2 Å². The molecule has 0 rings (SSSR count). The summed E-state index contributed by atoms with van der Waals surface area (Å²) < 4.78 is 0. The first kappa shape index (κ1) is 24.4. The van der Waals surface area contributed by atoms with Crippen LogP contribution in [0.4, 0.5) is 0 Å². The van der Waals surface area contributed by atoms with E-state index >= 15 is 0 Å². The van der Waals surface area contributed by atoms with Crippen molar-refractivity contribution < 1.29 is 40.0 Å². The van der Waals surface area contributed by atoms with Crippen LogP contribution in [0.25, 0.3) is 0 Å². The summed E-state index contributed by atoms with van der Waals surface area (Å²) in [5.74, 6) is 0. The summed E-state index contributed by atoms with van der Waals surface area (Å²) in [5.41, 5.74) is 0. The second kappa shape index (κ2) is 15.7. The van der Waals surface area contributed by atoms with Crippen LogP contribution in [0.15, 0.2) is 0 Å². The molecule has 0 radical (unpaired) electrons. The molecular formula is H8AlBO4Zn. The first-order valence-corrected chi connectivity index (χ1v) is 0.775. The molecule has 0 fully saturated rings. The number of hydrogen-bond donors (Lipinski definition) is 3. The van der Waals surface area contributed by atoms with Gasteiger partial charge in [0.25, 0.3) is 0 Å². The summed E-state index contributed by atoms with van der Waals surface area (Å²) in [6.07, 6.45) is 0. The van der Waals surface area contributed by atoms with Gasteiger partial charge in [0.1, 0.15) is 0 Å². The molecule has 0 aliphatic carbocycles. The van der Waals surface area contributed by atoms with Gasteiger partial charge in [-0.2, -0.15) is 0 Å². The Morgan fingerprint density at radius 2 is 1.00 bits per heavy atom. The molecular weight excluding hydrogens is 167 g/mol. The zero-order valence-corrected chi connectivity index (χ0v) is 6.09. The van der Waals surface area contributed by atoms with E-state index in [2.05, 4.69) is 0 Å². The van der Waals surface area contributed by atoms with Crippen LogP contribution in [-0.2, 0) is 19.5 Å². The van der Waals surface area contributed by atoms with Crippen molar-refractivity contribution in [3.8, 4) is 0 Å². The van der Waals surface area contributed by atoms with Crippen LogP contribution in [0.2, 0.25) is 0 Å². The van der Waals surface area contributed by atoms with Crippen molar-refractivity contribution in [1.82, 2.24) is 0 Å². The van der Waals surface area contributed by atoms with Crippen LogP contribution < -0.4 is 0 Å². The third kappa shape index (κ3) is 161. The summed E-state index contributed by atoms with van der Waals surface area (Å²) >= 11 is 0. The summed E-state index contributed by atoms with van der Waals surface area (Å²) in [6, 6.07) is 0. The van der Waals surface area contributed by atoms with Crippen molar-refractivity contribution in [1.29, 1.82) is 0 Å². The van der Waals surface area contributed by atoms with Gasteiger partial charge in [0.05, 0.1) is 0 Å². The normalized spacial score (nSPS) is 3.86.